The van der Waals surface area contributed by atoms with Gasteiger partial charge in [-0.05, 0) is 29.7 Å². The van der Waals surface area contributed by atoms with E-state index in [0.717, 1.165) is 11.1 Å². The van der Waals surface area contributed by atoms with E-state index in [-0.39, 0.29) is 12.3 Å². The van der Waals surface area contributed by atoms with Gasteiger partial charge in [-0.3, -0.25) is 0 Å². The summed E-state index contributed by atoms with van der Waals surface area (Å²) in [5.41, 5.74) is 1.78. The van der Waals surface area contributed by atoms with Gasteiger partial charge >= 0.3 is 0 Å². The fraction of sp³-hybridized carbons (Fsp3) is 0.294. The fourth-order valence-corrected chi connectivity index (χ4v) is 3.17. The average molecular weight is 335 g/mol. The van der Waals surface area contributed by atoms with Crippen molar-refractivity contribution in [2.45, 2.75) is 13.0 Å². The third-order valence-corrected chi connectivity index (χ3v) is 4.74. The Bertz CT molecular complexity index is 707. The van der Waals surface area contributed by atoms with Crippen molar-refractivity contribution in [2.24, 2.45) is 0 Å². The highest BCUT2D eigenvalue weighted by Crippen LogP contribution is 2.22. The molecular formula is C17H21NO4S. The predicted octanol–water partition coefficient (Wildman–Crippen LogP) is 2.37. The van der Waals surface area contributed by atoms with Crippen LogP contribution in [-0.4, -0.2) is 28.4 Å². The first-order chi connectivity index (χ1) is 11.0. The third kappa shape index (κ3) is 5.58. The van der Waals surface area contributed by atoms with E-state index >= 15 is 0 Å². The summed E-state index contributed by atoms with van der Waals surface area (Å²) in [5.74, 6) is 1.31. The van der Waals surface area contributed by atoms with Crippen molar-refractivity contribution in [2.75, 3.05) is 20.0 Å². The molecule has 0 aliphatic carbocycles. The molecular weight excluding hydrogens is 314 g/mol. The lowest BCUT2D eigenvalue weighted by molar-refractivity contribution is 0.393. The Labute approximate surface area is 137 Å². The molecule has 0 saturated heterocycles. The van der Waals surface area contributed by atoms with E-state index in [9.17, 15) is 8.42 Å². The van der Waals surface area contributed by atoms with E-state index in [1.165, 1.54) is 0 Å². The van der Waals surface area contributed by atoms with Gasteiger partial charge in [0.05, 0.1) is 20.0 Å². The molecule has 0 fully saturated rings. The molecule has 0 atom stereocenters. The van der Waals surface area contributed by atoms with Gasteiger partial charge in [0.15, 0.2) is 0 Å². The van der Waals surface area contributed by atoms with Crippen molar-refractivity contribution in [3.05, 3.63) is 59.7 Å². The zero-order chi connectivity index (χ0) is 16.7. The number of hydrogen-bond donors (Lipinski definition) is 1. The highest BCUT2D eigenvalue weighted by molar-refractivity contribution is 7.89. The Morgan fingerprint density at radius 3 is 2.09 bits per heavy atom. The summed E-state index contributed by atoms with van der Waals surface area (Å²) in [4.78, 5) is 0. The van der Waals surface area contributed by atoms with Crippen LogP contribution in [0.2, 0.25) is 0 Å². The third-order valence-electron chi connectivity index (χ3n) is 3.41. The van der Waals surface area contributed by atoms with Crippen LogP contribution in [0.1, 0.15) is 11.1 Å². The fourth-order valence-electron chi connectivity index (χ4n) is 2.13. The quantitative estimate of drug-likeness (QED) is 0.804. The average Bonchev–Trinajstić information content (AvgIpc) is 2.59. The maximum absolute atomic E-state index is 12.1. The number of ether oxygens (including phenoxy) is 2. The molecule has 124 valence electrons. The molecule has 2 rings (SSSR count). The minimum absolute atomic E-state index is 0.0537. The lowest BCUT2D eigenvalue weighted by Gasteiger charge is -2.10. The van der Waals surface area contributed by atoms with E-state index in [1.54, 1.807) is 32.4 Å². The maximum atomic E-state index is 12.1. The second-order valence-corrected chi connectivity index (χ2v) is 7.02. The molecule has 2 aromatic rings. The number of methoxy groups -OCH3 is 2. The number of rotatable bonds is 8. The topological polar surface area (TPSA) is 64.6 Å². The van der Waals surface area contributed by atoms with Gasteiger partial charge in [-0.2, -0.15) is 0 Å². The van der Waals surface area contributed by atoms with Gasteiger partial charge in [-0.1, -0.05) is 30.3 Å². The summed E-state index contributed by atoms with van der Waals surface area (Å²) in [6.45, 7) is 0.199. The zero-order valence-electron chi connectivity index (χ0n) is 13.3. The van der Waals surface area contributed by atoms with Crippen LogP contribution in [0.25, 0.3) is 0 Å². The van der Waals surface area contributed by atoms with Crippen molar-refractivity contribution in [3.8, 4) is 11.5 Å². The van der Waals surface area contributed by atoms with Gasteiger partial charge in [-0.25, -0.2) is 13.1 Å². The number of sulfonamides is 1. The highest BCUT2D eigenvalue weighted by atomic mass is 32.2. The summed E-state index contributed by atoms with van der Waals surface area (Å²) < 4.78 is 37.2. The van der Waals surface area contributed by atoms with Crippen LogP contribution < -0.4 is 14.2 Å². The van der Waals surface area contributed by atoms with Gasteiger partial charge in [-0.15, -0.1) is 0 Å². The van der Waals surface area contributed by atoms with E-state index in [1.807, 2.05) is 30.3 Å². The number of nitrogens with one attached hydrogen (secondary N) is 1. The number of hydrogen-bond acceptors (Lipinski definition) is 4. The molecule has 23 heavy (non-hydrogen) atoms. The van der Waals surface area contributed by atoms with Crippen LogP contribution >= 0.6 is 0 Å². The lowest BCUT2D eigenvalue weighted by atomic mass is 10.2. The van der Waals surface area contributed by atoms with Gasteiger partial charge in [0.25, 0.3) is 0 Å². The van der Waals surface area contributed by atoms with E-state index in [0.29, 0.717) is 17.9 Å². The van der Waals surface area contributed by atoms with Crippen LogP contribution in [-0.2, 0) is 23.0 Å². The maximum Gasteiger partial charge on any atom is 0.212 e. The largest absolute Gasteiger partial charge is 0.497 e. The molecule has 2 aromatic carbocycles. The molecule has 0 amide bonds. The second kappa shape index (κ2) is 7.99. The molecule has 0 spiro atoms. The molecule has 0 aliphatic rings. The molecule has 1 N–H and O–H groups in total. The Morgan fingerprint density at radius 1 is 0.913 bits per heavy atom. The van der Waals surface area contributed by atoms with Gasteiger partial charge in [0.2, 0.25) is 10.0 Å². The first-order valence-electron chi connectivity index (χ1n) is 7.25. The highest BCUT2D eigenvalue weighted by Gasteiger charge is 2.11. The molecule has 0 heterocycles. The number of aryl methyl sites for hydroxylation is 1. The van der Waals surface area contributed by atoms with Crippen LogP contribution in [0, 0.1) is 0 Å². The summed E-state index contributed by atoms with van der Waals surface area (Å²) in [5, 5.41) is 0. The summed E-state index contributed by atoms with van der Waals surface area (Å²) in [6.07, 6.45) is 0.484. The van der Waals surface area contributed by atoms with Crippen LogP contribution in [0.3, 0.4) is 0 Å². The van der Waals surface area contributed by atoms with Crippen molar-refractivity contribution in [1.82, 2.24) is 4.72 Å². The van der Waals surface area contributed by atoms with Gasteiger partial charge < -0.3 is 9.47 Å². The molecule has 0 radical (unpaired) electrons. The molecule has 0 bridgehead atoms. The molecule has 0 unspecified atom stereocenters. The van der Waals surface area contributed by atoms with E-state index in [4.69, 9.17) is 9.47 Å². The van der Waals surface area contributed by atoms with Crippen LogP contribution in [0.4, 0.5) is 0 Å². The lowest BCUT2D eigenvalue weighted by Crippen LogP contribution is -2.26. The summed E-state index contributed by atoms with van der Waals surface area (Å²) in [7, 11) is -0.233. The zero-order valence-corrected chi connectivity index (χ0v) is 14.1. The van der Waals surface area contributed by atoms with Crippen LogP contribution in [0.15, 0.2) is 48.5 Å². The summed E-state index contributed by atoms with van der Waals surface area (Å²) in [6, 6.07) is 14.9. The Kier molecular flexibility index (Phi) is 6.01. The number of benzene rings is 2. The Morgan fingerprint density at radius 2 is 1.52 bits per heavy atom. The van der Waals surface area contributed by atoms with Gasteiger partial charge in [0.1, 0.15) is 11.5 Å². The molecule has 0 aromatic heterocycles. The standard InChI is InChI=1S/C17H21NO4S/c1-21-16-10-15(11-17(12-16)22-2)13-18-23(19,20)9-8-14-6-4-3-5-7-14/h3-7,10-12,18H,8-9,13H2,1-2H3. The smallest absolute Gasteiger partial charge is 0.212 e. The van der Waals surface area contributed by atoms with Crippen molar-refractivity contribution >= 4 is 10.0 Å². The second-order valence-electron chi connectivity index (χ2n) is 5.10. The molecule has 0 saturated carbocycles. The van der Waals surface area contributed by atoms with E-state index in [2.05, 4.69) is 4.72 Å². The molecule has 5 nitrogen and oxygen atoms in total. The minimum Gasteiger partial charge on any atom is -0.497 e. The SMILES string of the molecule is COc1cc(CNS(=O)(=O)CCc2ccccc2)cc(OC)c1. The molecule has 6 heteroatoms. The van der Waals surface area contributed by atoms with Crippen molar-refractivity contribution < 1.29 is 17.9 Å². The van der Waals surface area contributed by atoms with Gasteiger partial charge in [0, 0.05) is 12.6 Å². The minimum atomic E-state index is -3.35. The van der Waals surface area contributed by atoms with Crippen molar-refractivity contribution in [3.63, 3.8) is 0 Å². The van der Waals surface area contributed by atoms with Crippen LogP contribution in [0.5, 0.6) is 11.5 Å². The first-order valence-corrected chi connectivity index (χ1v) is 8.91. The normalized spacial score (nSPS) is 11.2. The Balaban J connectivity index is 1.96. The predicted molar refractivity (Wildman–Crippen MR) is 90.3 cm³/mol. The summed E-state index contributed by atoms with van der Waals surface area (Å²) >= 11 is 0. The Hall–Kier alpha value is -2.05. The monoisotopic (exact) mass is 335 g/mol. The first kappa shape index (κ1) is 17.3. The molecule has 0 aliphatic heterocycles. The van der Waals surface area contributed by atoms with E-state index < -0.39 is 10.0 Å². The van der Waals surface area contributed by atoms with Crippen molar-refractivity contribution in [1.29, 1.82) is 0 Å².